The van der Waals surface area contributed by atoms with Gasteiger partial charge in [-0.05, 0) is 17.2 Å². The highest BCUT2D eigenvalue weighted by molar-refractivity contribution is 5.86. The summed E-state index contributed by atoms with van der Waals surface area (Å²) in [4.78, 5) is 12.2. The normalized spacial score (nSPS) is 18.0. The molecular weight excluding hydrogens is 214 g/mol. The second-order valence-corrected chi connectivity index (χ2v) is 4.18. The van der Waals surface area contributed by atoms with E-state index in [9.17, 15) is 4.79 Å². The van der Waals surface area contributed by atoms with Gasteiger partial charge in [-0.3, -0.25) is 14.8 Å². The van der Waals surface area contributed by atoms with Crippen molar-refractivity contribution in [1.29, 1.82) is 0 Å². The molecule has 0 saturated carbocycles. The van der Waals surface area contributed by atoms with Crippen LogP contribution in [0.3, 0.4) is 0 Å². The zero-order valence-electron chi connectivity index (χ0n) is 9.34. The highest BCUT2D eigenvalue weighted by atomic mass is 16.1. The summed E-state index contributed by atoms with van der Waals surface area (Å²) in [5.74, 6) is 0.152. The van der Waals surface area contributed by atoms with Crippen LogP contribution in [0.2, 0.25) is 0 Å². The topological polar surface area (TPSA) is 46.9 Å². The largest absolute Gasteiger partial charge is 0.300 e. The number of carbonyl (C=O) groups excluding carboxylic acids is 1. The van der Waals surface area contributed by atoms with Crippen molar-refractivity contribution in [3.8, 4) is 0 Å². The maximum Gasteiger partial charge on any atom is 0.175 e. The summed E-state index contributed by atoms with van der Waals surface area (Å²) in [5.41, 5.74) is 2.32. The molecule has 4 nitrogen and oxygen atoms in total. The highest BCUT2D eigenvalue weighted by Gasteiger charge is 2.27. The Morgan fingerprint density at radius 2 is 2.29 bits per heavy atom. The van der Waals surface area contributed by atoms with Gasteiger partial charge in [0.05, 0.1) is 6.04 Å². The zero-order chi connectivity index (χ0) is 11.7. The van der Waals surface area contributed by atoms with Gasteiger partial charge in [-0.2, -0.15) is 5.10 Å². The molecule has 0 aliphatic carbocycles. The smallest absolute Gasteiger partial charge is 0.175 e. The first-order chi connectivity index (χ1) is 8.34. The third kappa shape index (κ3) is 1.87. The molecule has 1 aliphatic heterocycles. The number of benzene rings is 1. The Balaban J connectivity index is 1.80. The van der Waals surface area contributed by atoms with E-state index in [-0.39, 0.29) is 11.8 Å². The third-order valence-electron chi connectivity index (χ3n) is 3.06. The number of hydrogen-bond donors (Lipinski definition) is 1. The average Bonchev–Trinajstić information content (AvgIpc) is 2.96. The molecule has 1 atom stereocenters. The van der Waals surface area contributed by atoms with Crippen LogP contribution in [-0.4, -0.2) is 15.6 Å². The Kier molecular flexibility index (Phi) is 2.49. The van der Waals surface area contributed by atoms with Crippen molar-refractivity contribution < 1.29 is 4.79 Å². The number of nitrogens with one attached hydrogen (secondary N) is 1. The van der Waals surface area contributed by atoms with Gasteiger partial charge in [-0.1, -0.05) is 24.3 Å². The van der Waals surface area contributed by atoms with Gasteiger partial charge in [0.1, 0.15) is 6.54 Å². The molecule has 17 heavy (non-hydrogen) atoms. The van der Waals surface area contributed by atoms with E-state index >= 15 is 0 Å². The quantitative estimate of drug-likeness (QED) is 0.859. The molecule has 4 heteroatoms. The Hall–Kier alpha value is -1.94. The fourth-order valence-electron chi connectivity index (χ4n) is 2.23. The van der Waals surface area contributed by atoms with Crippen LogP contribution in [0.1, 0.15) is 17.2 Å². The zero-order valence-corrected chi connectivity index (χ0v) is 9.34. The molecule has 86 valence electrons. The second-order valence-electron chi connectivity index (χ2n) is 4.18. The van der Waals surface area contributed by atoms with E-state index in [2.05, 4.69) is 16.5 Å². The Morgan fingerprint density at radius 1 is 1.41 bits per heavy atom. The molecule has 0 bridgehead atoms. The molecule has 1 aromatic heterocycles. The van der Waals surface area contributed by atoms with Crippen molar-refractivity contribution in [2.45, 2.75) is 19.1 Å². The minimum atomic E-state index is -0.185. The van der Waals surface area contributed by atoms with E-state index in [0.29, 0.717) is 6.54 Å². The van der Waals surface area contributed by atoms with E-state index in [0.717, 1.165) is 12.1 Å². The molecule has 2 aromatic rings. The summed E-state index contributed by atoms with van der Waals surface area (Å²) in [7, 11) is 0. The van der Waals surface area contributed by atoms with E-state index in [1.807, 2.05) is 24.3 Å². The lowest BCUT2D eigenvalue weighted by atomic mass is 10.0. The van der Waals surface area contributed by atoms with E-state index in [1.165, 1.54) is 5.56 Å². The summed E-state index contributed by atoms with van der Waals surface area (Å²) in [5, 5.41) is 7.30. The Morgan fingerprint density at radius 3 is 3.12 bits per heavy atom. The van der Waals surface area contributed by atoms with Crippen LogP contribution in [-0.2, 0) is 17.9 Å². The first kappa shape index (κ1) is 10.2. The van der Waals surface area contributed by atoms with Crippen molar-refractivity contribution in [3.63, 3.8) is 0 Å². The van der Waals surface area contributed by atoms with Crippen LogP contribution in [0.5, 0.6) is 0 Å². The SMILES string of the molecule is O=C(Cn1cccn1)C1NCc2ccccc21. The van der Waals surface area contributed by atoms with Gasteiger partial charge in [-0.15, -0.1) is 0 Å². The van der Waals surface area contributed by atoms with Gasteiger partial charge in [0.2, 0.25) is 0 Å². The first-order valence-corrected chi connectivity index (χ1v) is 5.66. The molecule has 1 unspecified atom stereocenters. The fourth-order valence-corrected chi connectivity index (χ4v) is 2.23. The fraction of sp³-hybridized carbons (Fsp3) is 0.231. The molecule has 1 aromatic carbocycles. The first-order valence-electron chi connectivity index (χ1n) is 5.66. The van der Waals surface area contributed by atoms with Crippen molar-refractivity contribution in [2.75, 3.05) is 0 Å². The minimum absolute atomic E-state index is 0.152. The summed E-state index contributed by atoms with van der Waals surface area (Å²) in [6.07, 6.45) is 3.49. The standard InChI is InChI=1S/C13H13N3O/c17-12(9-16-7-3-6-15-16)13-11-5-2-1-4-10(11)8-14-13/h1-7,13-14H,8-9H2. The number of fused-ring (bicyclic) bond motifs is 1. The lowest BCUT2D eigenvalue weighted by Crippen LogP contribution is -2.25. The van der Waals surface area contributed by atoms with Crippen LogP contribution in [0.25, 0.3) is 0 Å². The monoisotopic (exact) mass is 227 g/mol. The molecule has 1 N–H and O–H groups in total. The summed E-state index contributed by atoms with van der Waals surface area (Å²) < 4.78 is 1.66. The molecule has 0 amide bonds. The number of carbonyl (C=O) groups is 1. The molecule has 0 saturated heterocycles. The van der Waals surface area contributed by atoms with Crippen molar-refractivity contribution in [2.24, 2.45) is 0 Å². The average molecular weight is 227 g/mol. The number of Topliss-reactive ketones (excluding diaryl/α,β-unsaturated/α-hetero) is 1. The van der Waals surface area contributed by atoms with Crippen molar-refractivity contribution in [3.05, 3.63) is 53.9 Å². The van der Waals surface area contributed by atoms with Crippen molar-refractivity contribution >= 4 is 5.78 Å². The summed E-state index contributed by atoms with van der Waals surface area (Å²) in [6, 6.07) is 9.68. The molecule has 0 fully saturated rings. The van der Waals surface area contributed by atoms with Crippen LogP contribution >= 0.6 is 0 Å². The number of aromatic nitrogens is 2. The van der Waals surface area contributed by atoms with Crippen molar-refractivity contribution in [1.82, 2.24) is 15.1 Å². The van der Waals surface area contributed by atoms with Crippen LogP contribution in [0, 0.1) is 0 Å². The lowest BCUT2D eigenvalue weighted by Gasteiger charge is -2.10. The van der Waals surface area contributed by atoms with Crippen LogP contribution < -0.4 is 5.32 Å². The van der Waals surface area contributed by atoms with Gasteiger partial charge in [0, 0.05) is 18.9 Å². The van der Waals surface area contributed by atoms with Gasteiger partial charge in [-0.25, -0.2) is 0 Å². The predicted molar refractivity (Wildman–Crippen MR) is 63.3 cm³/mol. The van der Waals surface area contributed by atoms with E-state index < -0.39 is 0 Å². The predicted octanol–water partition coefficient (Wildman–Crippen LogP) is 1.30. The number of rotatable bonds is 3. The van der Waals surface area contributed by atoms with E-state index in [1.54, 1.807) is 17.1 Å². The Labute approximate surface area is 99.3 Å². The molecule has 1 aliphatic rings. The third-order valence-corrected chi connectivity index (χ3v) is 3.06. The lowest BCUT2D eigenvalue weighted by molar-refractivity contribution is -0.121. The van der Waals surface area contributed by atoms with Gasteiger partial charge < -0.3 is 0 Å². The van der Waals surface area contributed by atoms with Gasteiger partial charge >= 0.3 is 0 Å². The molecule has 2 heterocycles. The number of nitrogens with zero attached hydrogens (tertiary/aromatic N) is 2. The minimum Gasteiger partial charge on any atom is -0.300 e. The second kappa shape index (κ2) is 4.14. The molecule has 0 spiro atoms. The van der Waals surface area contributed by atoms with E-state index in [4.69, 9.17) is 0 Å². The number of ketones is 1. The summed E-state index contributed by atoms with van der Waals surface area (Å²) in [6.45, 7) is 1.09. The highest BCUT2D eigenvalue weighted by Crippen LogP contribution is 2.25. The number of hydrogen-bond acceptors (Lipinski definition) is 3. The Bertz CT molecular complexity index is 533. The maximum atomic E-state index is 12.2. The van der Waals surface area contributed by atoms with Crippen LogP contribution in [0.15, 0.2) is 42.7 Å². The molecular formula is C13H13N3O. The van der Waals surface area contributed by atoms with Gasteiger partial charge in [0.25, 0.3) is 0 Å². The summed E-state index contributed by atoms with van der Waals surface area (Å²) >= 11 is 0. The molecule has 3 rings (SSSR count). The molecule has 0 radical (unpaired) electrons. The van der Waals surface area contributed by atoms with Crippen LogP contribution in [0.4, 0.5) is 0 Å². The van der Waals surface area contributed by atoms with Gasteiger partial charge in [0.15, 0.2) is 5.78 Å². The maximum absolute atomic E-state index is 12.2.